The van der Waals surface area contributed by atoms with E-state index in [1.54, 1.807) is 18.2 Å². The molecule has 1 aliphatic heterocycles. The van der Waals surface area contributed by atoms with Crippen LogP contribution in [0.4, 0.5) is 5.82 Å². The van der Waals surface area contributed by atoms with Gasteiger partial charge in [-0.2, -0.15) is 15.4 Å². The second-order valence-electron chi connectivity index (χ2n) is 7.12. The maximum Gasteiger partial charge on any atom is 0.335 e. The van der Waals surface area contributed by atoms with Crippen molar-refractivity contribution < 1.29 is 9.90 Å². The fourth-order valence-electron chi connectivity index (χ4n) is 3.81. The number of carboxylic acids is 1. The lowest BCUT2D eigenvalue weighted by Crippen LogP contribution is -2.28. The Morgan fingerprint density at radius 3 is 2.68 bits per heavy atom. The Labute approximate surface area is 160 Å². The second kappa shape index (κ2) is 6.26. The number of carbonyl (C=O) groups is 1. The van der Waals surface area contributed by atoms with Gasteiger partial charge >= 0.3 is 5.97 Å². The molecule has 1 fully saturated rings. The van der Waals surface area contributed by atoms with Crippen LogP contribution < -0.4 is 4.90 Å². The highest BCUT2D eigenvalue weighted by Gasteiger charge is 2.26. The lowest BCUT2D eigenvalue weighted by Gasteiger charge is -2.25. The van der Waals surface area contributed by atoms with Gasteiger partial charge < -0.3 is 10.0 Å². The Hall–Kier alpha value is -3.55. The topological polar surface area (TPSA) is 108 Å². The van der Waals surface area contributed by atoms with Gasteiger partial charge in [-0.25, -0.2) is 14.8 Å². The molecule has 28 heavy (non-hydrogen) atoms. The first kappa shape index (κ1) is 16.6. The molecule has 0 saturated carbocycles. The maximum atomic E-state index is 11.4. The molecule has 1 saturated heterocycles. The van der Waals surface area contributed by atoms with Crippen molar-refractivity contribution in [2.75, 3.05) is 11.4 Å². The number of aromatic nitrogens is 5. The van der Waals surface area contributed by atoms with Gasteiger partial charge in [0.15, 0.2) is 5.82 Å². The number of rotatable bonds is 3. The Balaban J connectivity index is 1.75. The average Bonchev–Trinajstić information content (AvgIpc) is 3.34. The fourth-order valence-corrected chi connectivity index (χ4v) is 3.81. The summed E-state index contributed by atoms with van der Waals surface area (Å²) in [6, 6.07) is 11.0. The standard InChI is InChI=1S/C20H18N6O2/c1-11-3-2-8-26(11)19-18(12-4-7-15-17(9-12)24-25-23-15)21-14-6-5-13(20(27)28)10-16(14)22-19/h4-7,9-11H,2-3,8H2,1H3,(H,27,28)(H,23,24,25)/t11-/m0/s1. The number of nitrogens with one attached hydrogen (secondary N) is 1. The smallest absolute Gasteiger partial charge is 0.335 e. The molecule has 8 heteroatoms. The van der Waals surface area contributed by atoms with Gasteiger partial charge in [-0.15, -0.1) is 0 Å². The van der Waals surface area contributed by atoms with E-state index >= 15 is 0 Å². The first-order valence-corrected chi connectivity index (χ1v) is 9.23. The summed E-state index contributed by atoms with van der Waals surface area (Å²) in [6.45, 7) is 3.08. The van der Waals surface area contributed by atoms with Crippen molar-refractivity contribution in [3.8, 4) is 11.3 Å². The molecule has 140 valence electrons. The van der Waals surface area contributed by atoms with E-state index < -0.39 is 5.97 Å². The third kappa shape index (κ3) is 2.65. The average molecular weight is 374 g/mol. The monoisotopic (exact) mass is 374 g/mol. The highest BCUT2D eigenvalue weighted by Crippen LogP contribution is 2.34. The Bertz CT molecular complexity index is 1220. The van der Waals surface area contributed by atoms with Crippen LogP contribution in [0.25, 0.3) is 33.3 Å². The number of fused-ring (bicyclic) bond motifs is 2. The zero-order chi connectivity index (χ0) is 19.3. The minimum absolute atomic E-state index is 0.207. The van der Waals surface area contributed by atoms with Crippen LogP contribution in [-0.4, -0.2) is 49.0 Å². The van der Waals surface area contributed by atoms with Crippen LogP contribution in [0.2, 0.25) is 0 Å². The van der Waals surface area contributed by atoms with Crippen molar-refractivity contribution in [1.82, 2.24) is 25.4 Å². The number of hydrogen-bond donors (Lipinski definition) is 2. The molecule has 4 aromatic rings. The number of benzene rings is 2. The number of H-pyrrole nitrogens is 1. The SMILES string of the molecule is C[C@H]1CCCN1c1nc2cc(C(=O)O)ccc2nc1-c1ccc2n[nH]nc2c1. The Kier molecular flexibility index (Phi) is 3.71. The minimum Gasteiger partial charge on any atom is -0.478 e. The highest BCUT2D eigenvalue weighted by atomic mass is 16.4. The molecule has 1 atom stereocenters. The highest BCUT2D eigenvalue weighted by molar-refractivity contribution is 5.94. The molecule has 1 aliphatic rings. The molecule has 8 nitrogen and oxygen atoms in total. The molecule has 2 aromatic heterocycles. The van der Waals surface area contributed by atoms with Crippen molar-refractivity contribution in [2.24, 2.45) is 0 Å². The van der Waals surface area contributed by atoms with E-state index in [1.165, 1.54) is 0 Å². The number of hydrogen-bond acceptors (Lipinski definition) is 6. The largest absolute Gasteiger partial charge is 0.478 e. The summed E-state index contributed by atoms with van der Waals surface area (Å²) >= 11 is 0. The molecule has 0 spiro atoms. The van der Waals surface area contributed by atoms with E-state index in [0.29, 0.717) is 17.1 Å². The summed E-state index contributed by atoms with van der Waals surface area (Å²) in [5, 5.41) is 20.2. The molecule has 2 N–H and O–H groups in total. The fraction of sp³-hybridized carbons (Fsp3) is 0.250. The number of carboxylic acid groups (broad SMARTS) is 1. The minimum atomic E-state index is -0.972. The van der Waals surface area contributed by atoms with Gasteiger partial charge in [-0.3, -0.25) is 0 Å². The van der Waals surface area contributed by atoms with Crippen molar-refractivity contribution in [3.63, 3.8) is 0 Å². The van der Waals surface area contributed by atoms with Gasteiger partial charge in [0.25, 0.3) is 0 Å². The van der Waals surface area contributed by atoms with Gasteiger partial charge in [-0.05, 0) is 50.1 Å². The number of anilines is 1. The van der Waals surface area contributed by atoms with Gasteiger partial charge in [0.05, 0.1) is 16.6 Å². The molecule has 0 radical (unpaired) electrons. The van der Waals surface area contributed by atoms with E-state index in [0.717, 1.165) is 47.5 Å². The summed E-state index contributed by atoms with van der Waals surface area (Å²) in [5.74, 6) is -0.191. The van der Waals surface area contributed by atoms with Gasteiger partial charge in [0.2, 0.25) is 0 Å². The molecule has 0 aliphatic carbocycles. The Morgan fingerprint density at radius 2 is 1.89 bits per heavy atom. The van der Waals surface area contributed by atoms with E-state index in [4.69, 9.17) is 9.97 Å². The number of aromatic carboxylic acids is 1. The zero-order valence-corrected chi connectivity index (χ0v) is 15.3. The van der Waals surface area contributed by atoms with Crippen molar-refractivity contribution >= 4 is 33.9 Å². The van der Waals surface area contributed by atoms with Crippen molar-refractivity contribution in [3.05, 3.63) is 42.0 Å². The summed E-state index contributed by atoms with van der Waals surface area (Å²) in [4.78, 5) is 23.3. The molecule has 0 amide bonds. The molecule has 2 aromatic carbocycles. The second-order valence-corrected chi connectivity index (χ2v) is 7.12. The molecule has 0 bridgehead atoms. The molecule has 5 rings (SSSR count). The first-order valence-electron chi connectivity index (χ1n) is 9.23. The van der Waals surface area contributed by atoms with Crippen LogP contribution in [0, 0.1) is 0 Å². The van der Waals surface area contributed by atoms with E-state index in [9.17, 15) is 9.90 Å². The van der Waals surface area contributed by atoms with Gasteiger partial charge in [-0.1, -0.05) is 6.07 Å². The summed E-state index contributed by atoms with van der Waals surface area (Å²) in [6.07, 6.45) is 2.19. The van der Waals surface area contributed by atoms with Crippen molar-refractivity contribution in [1.29, 1.82) is 0 Å². The summed E-state index contributed by atoms with van der Waals surface area (Å²) in [5.41, 5.74) is 4.69. The summed E-state index contributed by atoms with van der Waals surface area (Å²) < 4.78 is 0. The predicted molar refractivity (Wildman–Crippen MR) is 105 cm³/mol. The third-order valence-electron chi connectivity index (χ3n) is 5.31. The first-order chi connectivity index (χ1) is 13.6. The van der Waals surface area contributed by atoms with Crippen LogP contribution in [0.5, 0.6) is 0 Å². The third-order valence-corrected chi connectivity index (χ3v) is 5.31. The molecule has 0 unspecified atom stereocenters. The van der Waals surface area contributed by atoms with Crippen LogP contribution in [0.1, 0.15) is 30.1 Å². The normalized spacial score (nSPS) is 16.9. The van der Waals surface area contributed by atoms with E-state index in [2.05, 4.69) is 27.2 Å². The van der Waals surface area contributed by atoms with Gasteiger partial charge in [0, 0.05) is 18.2 Å². The quantitative estimate of drug-likeness (QED) is 0.566. The van der Waals surface area contributed by atoms with Crippen LogP contribution >= 0.6 is 0 Å². The van der Waals surface area contributed by atoms with Gasteiger partial charge in [0.1, 0.15) is 16.7 Å². The zero-order valence-electron chi connectivity index (χ0n) is 15.3. The van der Waals surface area contributed by atoms with E-state index in [-0.39, 0.29) is 5.56 Å². The van der Waals surface area contributed by atoms with Crippen molar-refractivity contribution in [2.45, 2.75) is 25.8 Å². The Morgan fingerprint density at radius 1 is 1.07 bits per heavy atom. The van der Waals surface area contributed by atoms with Crippen LogP contribution in [0.3, 0.4) is 0 Å². The lowest BCUT2D eigenvalue weighted by molar-refractivity contribution is 0.0697. The number of nitrogens with zero attached hydrogens (tertiary/aromatic N) is 5. The predicted octanol–water partition coefficient (Wildman–Crippen LogP) is 3.26. The summed E-state index contributed by atoms with van der Waals surface area (Å²) in [7, 11) is 0. The maximum absolute atomic E-state index is 11.4. The molecular weight excluding hydrogens is 356 g/mol. The molecular formula is C20H18N6O2. The molecule has 3 heterocycles. The van der Waals surface area contributed by atoms with Crippen LogP contribution in [-0.2, 0) is 0 Å². The lowest BCUT2D eigenvalue weighted by atomic mass is 10.1. The number of aromatic amines is 1. The van der Waals surface area contributed by atoms with Crippen LogP contribution in [0.15, 0.2) is 36.4 Å². The van der Waals surface area contributed by atoms with E-state index in [1.807, 2.05) is 18.2 Å².